The topological polar surface area (TPSA) is 66.4 Å². The smallest absolute Gasteiger partial charge is 0.305 e. The summed E-state index contributed by atoms with van der Waals surface area (Å²) in [6.45, 7) is 5.87. The molecule has 0 bridgehead atoms. The predicted octanol–water partition coefficient (Wildman–Crippen LogP) is 2.84. The number of nitrogens with one attached hydrogen (secondary N) is 1. The first-order chi connectivity index (χ1) is 9.19. The van der Waals surface area contributed by atoms with Crippen molar-refractivity contribution in [3.8, 4) is 0 Å². The van der Waals surface area contributed by atoms with Crippen molar-refractivity contribution < 1.29 is 19.1 Å². The molecule has 1 aromatic rings. The zero-order valence-corrected chi connectivity index (χ0v) is 11.9. The average Bonchev–Trinajstić information content (AvgIpc) is 2.25. The summed E-state index contributed by atoms with van der Waals surface area (Å²) in [5.41, 5.74) is -0.209. The van der Waals surface area contributed by atoms with Crippen LogP contribution >= 0.6 is 0 Å². The highest BCUT2D eigenvalue weighted by molar-refractivity contribution is 5.94. The van der Waals surface area contributed by atoms with Crippen LogP contribution in [0.2, 0.25) is 0 Å². The van der Waals surface area contributed by atoms with Gasteiger partial charge in [0.25, 0.3) is 5.91 Å². The van der Waals surface area contributed by atoms with Gasteiger partial charge in [0.2, 0.25) is 0 Å². The number of carboxylic acid groups (broad SMARTS) is 1. The van der Waals surface area contributed by atoms with E-state index in [4.69, 9.17) is 5.11 Å². The molecule has 0 aromatic heterocycles. The van der Waals surface area contributed by atoms with Crippen molar-refractivity contribution in [2.75, 3.05) is 0 Å². The molecular weight excluding hydrogens is 261 g/mol. The van der Waals surface area contributed by atoms with E-state index in [0.29, 0.717) is 6.42 Å². The molecule has 2 N–H and O–H groups in total. The summed E-state index contributed by atoms with van der Waals surface area (Å²) in [6, 6.07) is 5.11. The van der Waals surface area contributed by atoms with Gasteiger partial charge in [-0.2, -0.15) is 0 Å². The number of amides is 1. The second-order valence-electron chi connectivity index (χ2n) is 6.01. The molecule has 1 unspecified atom stereocenters. The van der Waals surface area contributed by atoms with Gasteiger partial charge in [-0.05, 0) is 24.0 Å². The quantitative estimate of drug-likeness (QED) is 0.872. The van der Waals surface area contributed by atoms with E-state index in [1.807, 2.05) is 20.8 Å². The predicted molar refractivity (Wildman–Crippen MR) is 74.0 cm³/mol. The van der Waals surface area contributed by atoms with Crippen molar-refractivity contribution in [2.45, 2.75) is 39.7 Å². The largest absolute Gasteiger partial charge is 0.481 e. The molecule has 1 rings (SSSR count). The molecule has 0 aliphatic rings. The highest BCUT2D eigenvalue weighted by atomic mass is 19.1. The van der Waals surface area contributed by atoms with E-state index in [-0.39, 0.29) is 17.4 Å². The Labute approximate surface area is 118 Å². The van der Waals surface area contributed by atoms with Gasteiger partial charge in [0.15, 0.2) is 0 Å². The van der Waals surface area contributed by atoms with E-state index < -0.39 is 23.7 Å². The number of carbonyl (C=O) groups excluding carboxylic acids is 1. The lowest BCUT2D eigenvalue weighted by Gasteiger charge is -2.25. The normalized spacial score (nSPS) is 12.8. The van der Waals surface area contributed by atoms with Crippen LogP contribution in [-0.4, -0.2) is 23.0 Å². The number of carboxylic acids is 1. The number of hydrogen-bond acceptors (Lipinski definition) is 2. The van der Waals surface area contributed by atoms with Gasteiger partial charge in [0, 0.05) is 6.04 Å². The maximum absolute atomic E-state index is 13.5. The van der Waals surface area contributed by atoms with Crippen molar-refractivity contribution in [1.29, 1.82) is 0 Å². The van der Waals surface area contributed by atoms with E-state index in [9.17, 15) is 14.0 Å². The molecule has 0 saturated carbocycles. The van der Waals surface area contributed by atoms with Crippen LogP contribution < -0.4 is 5.32 Å². The van der Waals surface area contributed by atoms with Crippen LogP contribution in [0.4, 0.5) is 4.39 Å². The van der Waals surface area contributed by atoms with Crippen LogP contribution in [0.25, 0.3) is 0 Å². The fraction of sp³-hybridized carbons (Fsp3) is 0.467. The monoisotopic (exact) mass is 281 g/mol. The molecule has 4 nitrogen and oxygen atoms in total. The van der Waals surface area contributed by atoms with Gasteiger partial charge < -0.3 is 10.4 Å². The van der Waals surface area contributed by atoms with Crippen molar-refractivity contribution in [2.24, 2.45) is 5.41 Å². The number of halogens is 1. The number of aliphatic carboxylic acids is 1. The van der Waals surface area contributed by atoms with Crippen molar-refractivity contribution in [1.82, 2.24) is 5.32 Å². The summed E-state index contributed by atoms with van der Waals surface area (Å²) in [5, 5.41) is 11.5. The number of carbonyl (C=O) groups is 2. The summed E-state index contributed by atoms with van der Waals surface area (Å²) in [7, 11) is 0. The van der Waals surface area contributed by atoms with Crippen LogP contribution in [0.3, 0.4) is 0 Å². The Kier molecular flexibility index (Phi) is 5.25. The van der Waals surface area contributed by atoms with Crippen LogP contribution in [0.1, 0.15) is 44.0 Å². The lowest BCUT2D eigenvalue weighted by molar-refractivity contribution is -0.137. The maximum atomic E-state index is 13.5. The van der Waals surface area contributed by atoms with Crippen molar-refractivity contribution in [3.63, 3.8) is 0 Å². The second-order valence-corrected chi connectivity index (χ2v) is 6.01. The van der Waals surface area contributed by atoms with Gasteiger partial charge in [-0.15, -0.1) is 0 Å². The minimum atomic E-state index is -0.993. The zero-order chi connectivity index (χ0) is 15.3. The fourth-order valence-corrected chi connectivity index (χ4v) is 2.03. The van der Waals surface area contributed by atoms with E-state index in [2.05, 4.69) is 5.32 Å². The Balaban J connectivity index is 2.81. The zero-order valence-electron chi connectivity index (χ0n) is 11.9. The van der Waals surface area contributed by atoms with Gasteiger partial charge >= 0.3 is 5.97 Å². The standard InChI is InChI=1S/C15H20FNO3/c1-15(2,3)9-10(8-13(18)19)17-14(20)11-6-4-5-7-12(11)16/h4-7,10H,8-9H2,1-3H3,(H,17,20)(H,18,19). The minimum absolute atomic E-state index is 0.0724. The molecule has 1 aromatic carbocycles. The molecule has 110 valence electrons. The van der Waals surface area contributed by atoms with Crippen LogP contribution in [-0.2, 0) is 4.79 Å². The van der Waals surface area contributed by atoms with Gasteiger partial charge in [-0.1, -0.05) is 32.9 Å². The average molecular weight is 281 g/mol. The molecule has 5 heteroatoms. The molecule has 0 saturated heterocycles. The first-order valence-electron chi connectivity index (χ1n) is 6.46. The Hall–Kier alpha value is -1.91. The van der Waals surface area contributed by atoms with Crippen LogP contribution in [0.5, 0.6) is 0 Å². The molecule has 0 aliphatic heterocycles. The van der Waals surface area contributed by atoms with Crippen molar-refractivity contribution in [3.05, 3.63) is 35.6 Å². The van der Waals surface area contributed by atoms with E-state index in [1.54, 1.807) is 6.07 Å². The van der Waals surface area contributed by atoms with E-state index in [0.717, 1.165) is 0 Å². The van der Waals surface area contributed by atoms with Gasteiger partial charge in [0.05, 0.1) is 12.0 Å². The number of benzene rings is 1. The fourth-order valence-electron chi connectivity index (χ4n) is 2.03. The third-order valence-electron chi connectivity index (χ3n) is 2.73. The van der Waals surface area contributed by atoms with Gasteiger partial charge in [0.1, 0.15) is 5.82 Å². The molecule has 0 radical (unpaired) electrons. The molecule has 1 atom stereocenters. The first-order valence-corrected chi connectivity index (χ1v) is 6.46. The second kappa shape index (κ2) is 6.50. The highest BCUT2D eigenvalue weighted by Crippen LogP contribution is 2.22. The van der Waals surface area contributed by atoms with Crippen LogP contribution in [0, 0.1) is 11.2 Å². The summed E-state index contributed by atoms with van der Waals surface area (Å²) in [4.78, 5) is 22.9. The third-order valence-corrected chi connectivity index (χ3v) is 2.73. The lowest BCUT2D eigenvalue weighted by Crippen LogP contribution is -2.39. The number of rotatable bonds is 5. The van der Waals surface area contributed by atoms with E-state index >= 15 is 0 Å². The SMILES string of the molecule is CC(C)(C)CC(CC(=O)O)NC(=O)c1ccccc1F. The summed E-state index contributed by atoms with van der Waals surface area (Å²) in [6.07, 6.45) is 0.316. The lowest BCUT2D eigenvalue weighted by atomic mass is 9.87. The molecule has 0 aliphatic carbocycles. The summed E-state index contributed by atoms with van der Waals surface area (Å²) in [5.74, 6) is -2.19. The minimum Gasteiger partial charge on any atom is -0.481 e. The van der Waals surface area contributed by atoms with Gasteiger partial charge in [-0.25, -0.2) is 4.39 Å². The molecule has 1 amide bonds. The first kappa shape index (κ1) is 16.1. The third kappa shape index (κ3) is 5.38. The maximum Gasteiger partial charge on any atom is 0.305 e. The molecule has 20 heavy (non-hydrogen) atoms. The Morgan fingerprint density at radius 3 is 2.40 bits per heavy atom. The molecule has 0 fully saturated rings. The summed E-state index contributed by atoms with van der Waals surface area (Å²) >= 11 is 0. The summed E-state index contributed by atoms with van der Waals surface area (Å²) < 4.78 is 13.5. The molecular formula is C15H20FNO3. The van der Waals surface area contributed by atoms with Gasteiger partial charge in [-0.3, -0.25) is 9.59 Å². The van der Waals surface area contributed by atoms with Crippen LogP contribution in [0.15, 0.2) is 24.3 Å². The molecule has 0 spiro atoms. The Bertz CT molecular complexity index is 494. The highest BCUT2D eigenvalue weighted by Gasteiger charge is 2.24. The molecule has 0 heterocycles. The van der Waals surface area contributed by atoms with Crippen molar-refractivity contribution >= 4 is 11.9 Å². The van der Waals surface area contributed by atoms with E-state index in [1.165, 1.54) is 18.2 Å². The Morgan fingerprint density at radius 2 is 1.90 bits per heavy atom. The number of hydrogen-bond donors (Lipinski definition) is 2. The Morgan fingerprint density at radius 1 is 1.30 bits per heavy atom.